The van der Waals surface area contributed by atoms with Gasteiger partial charge in [0, 0.05) is 31.9 Å². The molecule has 0 spiro atoms. The Labute approximate surface area is 173 Å². The van der Waals surface area contributed by atoms with Crippen LogP contribution in [0.5, 0.6) is 5.88 Å². The number of guanidine groups is 1. The molecule has 0 bridgehead atoms. The first-order valence-corrected chi connectivity index (χ1v) is 8.74. The number of aromatic nitrogens is 1. The van der Waals surface area contributed by atoms with Crippen molar-refractivity contribution in [3.63, 3.8) is 0 Å². The molecule has 1 aromatic heterocycles. The van der Waals surface area contributed by atoms with Crippen LogP contribution in [0.25, 0.3) is 0 Å². The van der Waals surface area contributed by atoms with Gasteiger partial charge in [0.05, 0.1) is 0 Å². The molecule has 2 N–H and O–H groups in total. The van der Waals surface area contributed by atoms with Crippen LogP contribution in [0.2, 0.25) is 0 Å². The predicted octanol–water partition coefficient (Wildman–Crippen LogP) is 3.99. The molecule has 1 heterocycles. The highest BCUT2D eigenvalue weighted by molar-refractivity contribution is 14.0. The van der Waals surface area contributed by atoms with Gasteiger partial charge < -0.3 is 15.4 Å². The minimum Gasteiger partial charge on any atom is -0.473 e. The van der Waals surface area contributed by atoms with E-state index in [1.54, 1.807) is 13.2 Å². The number of nitrogens with zero attached hydrogens (tertiary/aromatic N) is 2. The van der Waals surface area contributed by atoms with Gasteiger partial charge in [-0.15, -0.1) is 24.0 Å². The van der Waals surface area contributed by atoms with Gasteiger partial charge in [-0.2, -0.15) is 0 Å². The van der Waals surface area contributed by atoms with Gasteiger partial charge in [0.15, 0.2) is 5.96 Å². The molecular weight excluding hydrogens is 439 g/mol. The molecule has 0 aliphatic carbocycles. The van der Waals surface area contributed by atoms with E-state index in [-0.39, 0.29) is 24.0 Å². The first-order chi connectivity index (χ1) is 12.2. The van der Waals surface area contributed by atoms with Crippen molar-refractivity contribution >= 4 is 29.9 Å². The van der Waals surface area contributed by atoms with E-state index in [1.807, 2.05) is 42.5 Å². The Morgan fingerprint density at radius 2 is 1.88 bits per heavy atom. The van der Waals surface area contributed by atoms with Crippen molar-refractivity contribution in [2.24, 2.45) is 10.9 Å². The fourth-order valence-electron chi connectivity index (χ4n) is 2.29. The summed E-state index contributed by atoms with van der Waals surface area (Å²) in [5, 5.41) is 6.64. The summed E-state index contributed by atoms with van der Waals surface area (Å²) in [6.45, 7) is 6.45. The molecule has 142 valence electrons. The quantitative estimate of drug-likeness (QED) is 0.350. The van der Waals surface area contributed by atoms with Crippen LogP contribution in [0.3, 0.4) is 0 Å². The fourth-order valence-corrected chi connectivity index (χ4v) is 2.29. The smallest absolute Gasteiger partial charge is 0.218 e. The predicted molar refractivity (Wildman–Crippen MR) is 118 cm³/mol. The molecule has 5 nitrogen and oxygen atoms in total. The van der Waals surface area contributed by atoms with E-state index in [1.165, 1.54) is 0 Å². The maximum absolute atomic E-state index is 5.89. The molecule has 0 aliphatic heterocycles. The third-order valence-electron chi connectivity index (χ3n) is 3.75. The Hall–Kier alpha value is -1.83. The number of ether oxygens (including phenoxy) is 1. The highest BCUT2D eigenvalue weighted by atomic mass is 127. The highest BCUT2D eigenvalue weighted by Gasteiger charge is 2.06. The van der Waals surface area contributed by atoms with Gasteiger partial charge in [0.2, 0.25) is 5.88 Å². The molecule has 0 fully saturated rings. The minimum atomic E-state index is 0. The average molecular weight is 468 g/mol. The van der Waals surface area contributed by atoms with Crippen LogP contribution in [0, 0.1) is 5.92 Å². The van der Waals surface area contributed by atoms with Gasteiger partial charge >= 0.3 is 0 Å². The van der Waals surface area contributed by atoms with Crippen LogP contribution in [0.15, 0.2) is 53.7 Å². The van der Waals surface area contributed by atoms with Crippen molar-refractivity contribution in [3.8, 4) is 5.88 Å². The SMILES string of the molecule is CN=C(NCCC(C)C)NCc1cccnc1OCc1ccccc1.I. The minimum absolute atomic E-state index is 0. The Bertz CT molecular complexity index is 662. The average Bonchev–Trinajstić information content (AvgIpc) is 2.64. The maximum Gasteiger partial charge on any atom is 0.218 e. The van der Waals surface area contributed by atoms with E-state index in [2.05, 4.69) is 34.5 Å². The normalized spacial score (nSPS) is 11.0. The lowest BCUT2D eigenvalue weighted by Crippen LogP contribution is -2.37. The number of aliphatic imine (C=N–C) groups is 1. The Morgan fingerprint density at radius 3 is 2.58 bits per heavy atom. The maximum atomic E-state index is 5.89. The van der Waals surface area contributed by atoms with Gasteiger partial charge in [-0.1, -0.05) is 50.2 Å². The van der Waals surface area contributed by atoms with E-state index in [9.17, 15) is 0 Å². The van der Waals surface area contributed by atoms with Crippen LogP contribution < -0.4 is 15.4 Å². The third kappa shape index (κ3) is 8.03. The van der Waals surface area contributed by atoms with Gasteiger partial charge in [0.25, 0.3) is 0 Å². The second-order valence-corrected chi connectivity index (χ2v) is 6.28. The summed E-state index contributed by atoms with van der Waals surface area (Å²) in [4.78, 5) is 8.62. The number of benzene rings is 1. The first-order valence-electron chi connectivity index (χ1n) is 8.74. The zero-order valence-corrected chi connectivity index (χ0v) is 18.1. The molecule has 0 unspecified atom stereocenters. The largest absolute Gasteiger partial charge is 0.473 e. The summed E-state index contributed by atoms with van der Waals surface area (Å²) in [5.41, 5.74) is 2.13. The molecule has 0 atom stereocenters. The molecule has 2 rings (SSSR count). The summed E-state index contributed by atoms with van der Waals surface area (Å²) < 4.78 is 5.89. The second-order valence-electron chi connectivity index (χ2n) is 6.28. The topological polar surface area (TPSA) is 58.5 Å². The van der Waals surface area contributed by atoms with E-state index in [0.717, 1.165) is 30.1 Å². The van der Waals surface area contributed by atoms with Crippen molar-refractivity contribution in [1.82, 2.24) is 15.6 Å². The van der Waals surface area contributed by atoms with Crippen LogP contribution >= 0.6 is 24.0 Å². The molecule has 6 heteroatoms. The lowest BCUT2D eigenvalue weighted by Gasteiger charge is -2.14. The van der Waals surface area contributed by atoms with E-state index in [0.29, 0.717) is 24.9 Å². The van der Waals surface area contributed by atoms with Crippen LogP contribution in [0.4, 0.5) is 0 Å². The summed E-state index contributed by atoms with van der Waals surface area (Å²) in [6, 6.07) is 14.0. The lowest BCUT2D eigenvalue weighted by atomic mass is 10.1. The lowest BCUT2D eigenvalue weighted by molar-refractivity contribution is 0.290. The van der Waals surface area contributed by atoms with Gasteiger partial charge in [0.1, 0.15) is 6.61 Å². The van der Waals surface area contributed by atoms with Crippen LogP contribution in [-0.2, 0) is 13.2 Å². The fraction of sp³-hybridized carbons (Fsp3) is 0.400. The summed E-state index contributed by atoms with van der Waals surface area (Å²) in [6.07, 6.45) is 2.86. The van der Waals surface area contributed by atoms with Crippen LogP contribution in [0.1, 0.15) is 31.4 Å². The Balaban J connectivity index is 0.00000338. The number of hydrogen-bond acceptors (Lipinski definition) is 3. The summed E-state index contributed by atoms with van der Waals surface area (Å²) in [7, 11) is 1.78. The number of hydrogen-bond donors (Lipinski definition) is 2. The molecule has 0 saturated carbocycles. The standard InChI is InChI=1S/C20H28N4O.HI/c1-16(2)11-13-23-20(21-3)24-14-18-10-7-12-22-19(18)25-15-17-8-5-4-6-9-17;/h4-10,12,16H,11,13-15H2,1-3H3,(H2,21,23,24);1H. The molecular formula is C20H29IN4O. The van der Waals surface area contributed by atoms with E-state index >= 15 is 0 Å². The van der Waals surface area contributed by atoms with Crippen molar-refractivity contribution < 1.29 is 4.74 Å². The van der Waals surface area contributed by atoms with Gasteiger partial charge in [-0.05, 0) is 24.0 Å². The second kappa shape index (κ2) is 12.5. The monoisotopic (exact) mass is 468 g/mol. The number of halogens is 1. The molecule has 2 aromatic rings. The molecule has 0 saturated heterocycles. The van der Waals surface area contributed by atoms with Crippen molar-refractivity contribution in [1.29, 1.82) is 0 Å². The highest BCUT2D eigenvalue weighted by Crippen LogP contribution is 2.15. The third-order valence-corrected chi connectivity index (χ3v) is 3.75. The van der Waals surface area contributed by atoms with Crippen LogP contribution in [-0.4, -0.2) is 24.5 Å². The zero-order valence-electron chi connectivity index (χ0n) is 15.7. The Kier molecular flexibility index (Phi) is 10.7. The number of rotatable bonds is 8. The number of pyridine rings is 1. The summed E-state index contributed by atoms with van der Waals surface area (Å²) in [5.74, 6) is 2.11. The summed E-state index contributed by atoms with van der Waals surface area (Å²) >= 11 is 0. The number of nitrogens with one attached hydrogen (secondary N) is 2. The zero-order chi connectivity index (χ0) is 17.9. The Morgan fingerprint density at radius 1 is 1.12 bits per heavy atom. The first kappa shape index (κ1) is 22.2. The molecule has 0 amide bonds. The van der Waals surface area contributed by atoms with E-state index in [4.69, 9.17) is 4.74 Å². The van der Waals surface area contributed by atoms with Crippen molar-refractivity contribution in [2.45, 2.75) is 33.4 Å². The molecule has 0 radical (unpaired) electrons. The molecule has 26 heavy (non-hydrogen) atoms. The van der Waals surface area contributed by atoms with E-state index < -0.39 is 0 Å². The van der Waals surface area contributed by atoms with Crippen molar-refractivity contribution in [3.05, 3.63) is 59.8 Å². The molecule has 0 aliphatic rings. The van der Waals surface area contributed by atoms with Gasteiger partial charge in [-0.3, -0.25) is 4.99 Å². The van der Waals surface area contributed by atoms with Crippen molar-refractivity contribution in [2.75, 3.05) is 13.6 Å². The molecule has 1 aromatic carbocycles. The van der Waals surface area contributed by atoms with Gasteiger partial charge in [-0.25, -0.2) is 4.98 Å².